The fourth-order valence-corrected chi connectivity index (χ4v) is 2.23. The Morgan fingerprint density at radius 2 is 1.88 bits per heavy atom. The maximum Gasteiger partial charge on any atom is 0.387 e. The first-order valence-corrected chi connectivity index (χ1v) is 7.44. The normalized spacial score (nSPS) is 11.2. The molecule has 0 aromatic heterocycles. The molecule has 1 aromatic rings. The molecule has 8 heteroatoms. The Kier molecular flexibility index (Phi) is 6.94. The quantitative estimate of drug-likeness (QED) is 0.719. The number of alkyl halides is 2. The molecule has 6 nitrogen and oxygen atoms in total. The number of carbonyl (C=O) groups is 2. The smallest absolute Gasteiger partial charge is 0.387 e. The van der Waals surface area contributed by atoms with Crippen LogP contribution in [0.2, 0.25) is 0 Å². The van der Waals surface area contributed by atoms with Crippen molar-refractivity contribution >= 4 is 11.9 Å². The molecule has 0 atom stereocenters. The average Bonchev–Trinajstić information content (AvgIpc) is 2.55. The number of aliphatic carboxylic acids is 1. The van der Waals surface area contributed by atoms with Crippen LogP contribution in [0.4, 0.5) is 8.78 Å². The number of halogens is 2. The zero-order chi connectivity index (χ0) is 18.3. The van der Waals surface area contributed by atoms with Crippen LogP contribution in [-0.2, 0) is 4.79 Å². The van der Waals surface area contributed by atoms with Crippen LogP contribution in [0.3, 0.4) is 0 Å². The number of carboxylic acid groups (broad SMARTS) is 1. The van der Waals surface area contributed by atoms with E-state index < -0.39 is 23.9 Å². The van der Waals surface area contributed by atoms with Gasteiger partial charge in [-0.1, -0.05) is 13.8 Å². The monoisotopic (exact) mass is 345 g/mol. The van der Waals surface area contributed by atoms with Crippen molar-refractivity contribution in [2.75, 3.05) is 13.7 Å². The molecule has 0 aliphatic carbocycles. The van der Waals surface area contributed by atoms with Crippen molar-refractivity contribution in [1.29, 1.82) is 0 Å². The minimum absolute atomic E-state index is 0.0153. The zero-order valence-corrected chi connectivity index (χ0v) is 13.8. The Morgan fingerprint density at radius 3 is 2.33 bits per heavy atom. The van der Waals surface area contributed by atoms with E-state index in [-0.39, 0.29) is 23.6 Å². The number of methoxy groups -OCH3 is 1. The van der Waals surface area contributed by atoms with Crippen molar-refractivity contribution < 1.29 is 33.0 Å². The SMILES string of the molecule is CCC(CC)(CNC(=O)c1ccc(OC(F)F)c(OC)c1)C(=O)O. The lowest BCUT2D eigenvalue weighted by Crippen LogP contribution is -2.42. The summed E-state index contributed by atoms with van der Waals surface area (Å²) in [4.78, 5) is 23.6. The van der Waals surface area contributed by atoms with E-state index >= 15 is 0 Å². The van der Waals surface area contributed by atoms with Crippen molar-refractivity contribution in [3.63, 3.8) is 0 Å². The van der Waals surface area contributed by atoms with E-state index in [0.717, 1.165) is 0 Å². The molecule has 1 amide bonds. The number of carboxylic acids is 1. The molecular formula is C16H21F2NO5. The first-order chi connectivity index (χ1) is 11.3. The second kappa shape index (κ2) is 8.47. The third-order valence-corrected chi connectivity index (χ3v) is 4.04. The number of benzene rings is 1. The number of amides is 1. The molecule has 2 N–H and O–H groups in total. The Morgan fingerprint density at radius 1 is 1.25 bits per heavy atom. The van der Waals surface area contributed by atoms with Gasteiger partial charge < -0.3 is 19.9 Å². The molecule has 0 fully saturated rings. The Balaban J connectivity index is 2.90. The number of hydrogen-bond donors (Lipinski definition) is 2. The van der Waals surface area contributed by atoms with Gasteiger partial charge in [-0.15, -0.1) is 0 Å². The average molecular weight is 345 g/mol. The van der Waals surface area contributed by atoms with E-state index in [4.69, 9.17) is 4.74 Å². The van der Waals surface area contributed by atoms with Gasteiger partial charge in [0.05, 0.1) is 12.5 Å². The largest absolute Gasteiger partial charge is 0.493 e. The van der Waals surface area contributed by atoms with Crippen LogP contribution in [0, 0.1) is 5.41 Å². The van der Waals surface area contributed by atoms with Gasteiger partial charge in [0, 0.05) is 12.1 Å². The van der Waals surface area contributed by atoms with Gasteiger partial charge in [-0.3, -0.25) is 9.59 Å². The molecular weight excluding hydrogens is 324 g/mol. The van der Waals surface area contributed by atoms with E-state index in [9.17, 15) is 23.5 Å². The third-order valence-electron chi connectivity index (χ3n) is 4.04. The molecule has 0 saturated carbocycles. The highest BCUT2D eigenvalue weighted by molar-refractivity contribution is 5.95. The molecule has 134 valence electrons. The Hall–Kier alpha value is -2.38. The van der Waals surface area contributed by atoms with E-state index in [2.05, 4.69) is 10.1 Å². The van der Waals surface area contributed by atoms with Crippen LogP contribution < -0.4 is 14.8 Å². The highest BCUT2D eigenvalue weighted by Gasteiger charge is 2.35. The summed E-state index contributed by atoms with van der Waals surface area (Å²) in [6.07, 6.45) is 0.729. The summed E-state index contributed by atoms with van der Waals surface area (Å²) >= 11 is 0. The number of rotatable bonds is 9. The maximum absolute atomic E-state index is 12.3. The minimum Gasteiger partial charge on any atom is -0.493 e. The minimum atomic E-state index is -3.01. The zero-order valence-electron chi connectivity index (χ0n) is 13.8. The molecule has 0 saturated heterocycles. The first-order valence-electron chi connectivity index (χ1n) is 7.44. The van der Waals surface area contributed by atoms with Crippen LogP contribution >= 0.6 is 0 Å². The van der Waals surface area contributed by atoms with E-state index in [1.807, 2.05) is 0 Å². The molecule has 0 aliphatic rings. The fourth-order valence-electron chi connectivity index (χ4n) is 2.23. The Bertz CT molecular complexity index is 588. The van der Waals surface area contributed by atoms with Crippen LogP contribution in [-0.4, -0.2) is 37.2 Å². The molecule has 24 heavy (non-hydrogen) atoms. The third kappa shape index (κ3) is 4.56. The lowest BCUT2D eigenvalue weighted by molar-refractivity contribution is -0.149. The second-order valence-electron chi connectivity index (χ2n) is 5.22. The molecule has 1 rings (SSSR count). The van der Waals surface area contributed by atoms with E-state index in [1.54, 1.807) is 13.8 Å². The van der Waals surface area contributed by atoms with Crippen molar-refractivity contribution in [2.24, 2.45) is 5.41 Å². The van der Waals surface area contributed by atoms with Gasteiger partial charge in [0.15, 0.2) is 11.5 Å². The highest BCUT2D eigenvalue weighted by atomic mass is 19.3. The van der Waals surface area contributed by atoms with Gasteiger partial charge in [0.25, 0.3) is 5.91 Å². The molecule has 0 unspecified atom stereocenters. The van der Waals surface area contributed by atoms with Crippen molar-refractivity contribution in [2.45, 2.75) is 33.3 Å². The molecule has 1 aromatic carbocycles. The van der Waals surface area contributed by atoms with Gasteiger partial charge in [0.1, 0.15) is 0 Å². The molecule has 0 radical (unpaired) electrons. The topological polar surface area (TPSA) is 84.9 Å². The highest BCUT2D eigenvalue weighted by Crippen LogP contribution is 2.30. The summed E-state index contributed by atoms with van der Waals surface area (Å²) in [6.45, 7) is 0.432. The van der Waals surface area contributed by atoms with Crippen molar-refractivity contribution in [1.82, 2.24) is 5.32 Å². The van der Waals surface area contributed by atoms with Gasteiger partial charge in [0.2, 0.25) is 0 Å². The number of carbonyl (C=O) groups excluding carboxylic acids is 1. The number of hydrogen-bond acceptors (Lipinski definition) is 4. The van der Waals surface area contributed by atoms with Crippen LogP contribution in [0.25, 0.3) is 0 Å². The summed E-state index contributed by atoms with van der Waals surface area (Å²) in [5.74, 6) is -1.71. The Labute approximate surface area is 138 Å². The predicted molar refractivity (Wildman–Crippen MR) is 82.6 cm³/mol. The summed E-state index contributed by atoms with van der Waals surface area (Å²) in [7, 11) is 1.26. The van der Waals surface area contributed by atoms with Crippen LogP contribution in [0.5, 0.6) is 11.5 Å². The molecule has 0 spiro atoms. The standard InChI is InChI=1S/C16H21F2NO5/c1-4-16(5-2,14(21)22)9-19-13(20)10-6-7-11(24-15(17)18)12(8-10)23-3/h6-8,15H,4-5,9H2,1-3H3,(H,19,20)(H,21,22). The summed E-state index contributed by atoms with van der Waals surface area (Å²) in [6, 6.07) is 3.76. The summed E-state index contributed by atoms with van der Waals surface area (Å²) in [5, 5.41) is 11.9. The van der Waals surface area contributed by atoms with Gasteiger partial charge >= 0.3 is 12.6 Å². The van der Waals surface area contributed by atoms with Crippen LogP contribution in [0.15, 0.2) is 18.2 Å². The maximum atomic E-state index is 12.3. The molecule has 0 aliphatic heterocycles. The number of ether oxygens (including phenoxy) is 2. The fraction of sp³-hybridized carbons (Fsp3) is 0.500. The summed E-state index contributed by atoms with van der Waals surface area (Å²) in [5.41, 5.74) is -0.890. The second-order valence-corrected chi connectivity index (χ2v) is 5.22. The van der Waals surface area contributed by atoms with Gasteiger partial charge in [-0.05, 0) is 31.0 Å². The van der Waals surface area contributed by atoms with E-state index in [1.165, 1.54) is 25.3 Å². The van der Waals surface area contributed by atoms with Crippen molar-refractivity contribution in [3.8, 4) is 11.5 Å². The van der Waals surface area contributed by atoms with Gasteiger partial charge in [-0.25, -0.2) is 0 Å². The lowest BCUT2D eigenvalue weighted by atomic mass is 9.82. The van der Waals surface area contributed by atoms with Crippen LogP contribution in [0.1, 0.15) is 37.0 Å². The lowest BCUT2D eigenvalue weighted by Gasteiger charge is -2.26. The molecule has 0 bridgehead atoms. The first kappa shape index (κ1) is 19.7. The van der Waals surface area contributed by atoms with Crippen molar-refractivity contribution in [3.05, 3.63) is 23.8 Å². The van der Waals surface area contributed by atoms with E-state index in [0.29, 0.717) is 12.8 Å². The molecule has 0 heterocycles. The number of nitrogens with one attached hydrogen (secondary N) is 1. The van der Waals surface area contributed by atoms with Gasteiger partial charge in [-0.2, -0.15) is 8.78 Å². The summed E-state index contributed by atoms with van der Waals surface area (Å²) < 4.78 is 33.8. The predicted octanol–water partition coefficient (Wildman–Crippen LogP) is 2.92.